The molecule has 0 fully saturated rings. The molecule has 0 unspecified atom stereocenters. The first kappa shape index (κ1) is 16.2. The summed E-state index contributed by atoms with van der Waals surface area (Å²) in [6.45, 7) is 1.74. The summed E-state index contributed by atoms with van der Waals surface area (Å²) in [7, 11) is 0. The molecule has 0 N–H and O–H groups in total. The van der Waals surface area contributed by atoms with E-state index in [0.29, 0.717) is 0 Å². The number of halogens is 2. The van der Waals surface area contributed by atoms with E-state index in [1.54, 1.807) is 6.92 Å². The van der Waals surface area contributed by atoms with Gasteiger partial charge in [0.1, 0.15) is 11.4 Å². The molecule has 19 heavy (non-hydrogen) atoms. The molecule has 0 aliphatic rings. The van der Waals surface area contributed by atoms with Gasteiger partial charge in [-0.05, 0) is 18.6 Å². The maximum absolute atomic E-state index is 13.2. The van der Waals surface area contributed by atoms with Gasteiger partial charge in [-0.3, -0.25) is 4.79 Å². The Labute approximate surface area is 137 Å². The van der Waals surface area contributed by atoms with Crippen molar-refractivity contribution < 1.29 is 46.6 Å². The number of carbonyl (C=O) groups excluding carboxylic acids is 1. The third kappa shape index (κ3) is 3.19. The van der Waals surface area contributed by atoms with Gasteiger partial charge in [-0.2, -0.15) is 0 Å². The van der Waals surface area contributed by atoms with Crippen LogP contribution in [0.2, 0.25) is 5.15 Å². The number of ether oxygens (including phenoxy) is 1. The van der Waals surface area contributed by atoms with Crippen LogP contribution in [-0.2, 0) is 37.4 Å². The average Bonchev–Trinajstić information content (AvgIpc) is 2.32. The van der Waals surface area contributed by atoms with Gasteiger partial charge < -0.3 is 14.7 Å². The van der Waals surface area contributed by atoms with Crippen molar-refractivity contribution in [1.29, 1.82) is 0 Å². The molecule has 0 spiro atoms. The molecule has 5 nitrogen and oxygen atoms in total. The van der Waals surface area contributed by atoms with E-state index in [4.69, 9.17) is 16.3 Å². The standard InChI is InChI=1S/C11H8ClFN2O3.Y/c1-2-18-11(17)6-4-14-10-5(8(6)16)3-7(13)9(12)15-10;/h3-4H,2H2,1H3,(H,14,15,16,17);/p-1. The van der Waals surface area contributed by atoms with Crippen molar-refractivity contribution in [3.63, 3.8) is 0 Å². The summed E-state index contributed by atoms with van der Waals surface area (Å²) in [5.41, 5.74) is -0.950. The van der Waals surface area contributed by atoms with E-state index < -0.39 is 17.2 Å². The first-order valence-corrected chi connectivity index (χ1v) is 5.41. The number of pyridine rings is 2. The van der Waals surface area contributed by atoms with Crippen LogP contribution in [0.4, 0.5) is 4.39 Å². The SMILES string of the molecule is CCOC(=O)c1c[n-]c2nc(Cl)c(F)cc2c1=O.[Y]. The predicted octanol–water partition coefficient (Wildman–Crippen LogP) is 1.52. The van der Waals surface area contributed by atoms with E-state index in [9.17, 15) is 14.0 Å². The van der Waals surface area contributed by atoms with Gasteiger partial charge in [0.05, 0.1) is 11.8 Å². The van der Waals surface area contributed by atoms with Gasteiger partial charge in [0.15, 0.2) is 5.43 Å². The van der Waals surface area contributed by atoms with Gasteiger partial charge in [-0.1, -0.05) is 17.8 Å². The van der Waals surface area contributed by atoms with E-state index in [-0.39, 0.29) is 61.1 Å². The second-order valence-electron chi connectivity index (χ2n) is 3.35. The van der Waals surface area contributed by atoms with Crippen LogP contribution in [-0.4, -0.2) is 17.6 Å². The number of hydrogen-bond acceptors (Lipinski definition) is 4. The van der Waals surface area contributed by atoms with Crippen LogP contribution in [0.3, 0.4) is 0 Å². The molecule has 2 aromatic heterocycles. The van der Waals surface area contributed by atoms with Crippen LogP contribution in [0, 0.1) is 5.82 Å². The molecule has 97 valence electrons. The normalized spacial score (nSPS) is 10.1. The fraction of sp³-hybridized carbons (Fsp3) is 0.182. The zero-order valence-corrected chi connectivity index (χ0v) is 13.4. The van der Waals surface area contributed by atoms with Crippen molar-refractivity contribution in [3.8, 4) is 0 Å². The number of nitrogens with zero attached hydrogens (tertiary/aromatic N) is 2. The Bertz CT molecular complexity index is 689. The van der Waals surface area contributed by atoms with Gasteiger partial charge in [-0.15, -0.1) is 0 Å². The molecule has 2 aromatic rings. The first-order chi connectivity index (χ1) is 8.54. The number of aromatic nitrogens is 2. The molecule has 8 heteroatoms. The monoisotopic (exact) mass is 358 g/mol. The van der Waals surface area contributed by atoms with E-state index in [0.717, 1.165) is 12.3 Å². The van der Waals surface area contributed by atoms with Crippen molar-refractivity contribution in [3.05, 3.63) is 39.0 Å². The second kappa shape index (κ2) is 6.54. The zero-order valence-electron chi connectivity index (χ0n) is 9.81. The molecule has 0 atom stereocenters. The fourth-order valence-corrected chi connectivity index (χ4v) is 1.54. The first-order valence-electron chi connectivity index (χ1n) is 5.03. The van der Waals surface area contributed by atoms with Gasteiger partial charge in [-0.25, -0.2) is 9.18 Å². The van der Waals surface area contributed by atoms with Crippen LogP contribution in [0.25, 0.3) is 11.0 Å². The summed E-state index contributed by atoms with van der Waals surface area (Å²) in [6.07, 6.45) is 1.05. The Morgan fingerprint density at radius 3 is 2.89 bits per heavy atom. The molecule has 0 aliphatic heterocycles. The summed E-state index contributed by atoms with van der Waals surface area (Å²) in [5.74, 6) is -1.64. The molecule has 0 aromatic carbocycles. The van der Waals surface area contributed by atoms with Gasteiger partial charge >= 0.3 is 5.97 Å². The molecule has 0 amide bonds. The van der Waals surface area contributed by atoms with Gasteiger partial charge in [0.2, 0.25) is 0 Å². The van der Waals surface area contributed by atoms with Crippen molar-refractivity contribution in [1.82, 2.24) is 9.97 Å². The Kier molecular flexibility index (Phi) is 5.58. The van der Waals surface area contributed by atoms with Crippen LogP contribution in [0.1, 0.15) is 17.3 Å². The van der Waals surface area contributed by atoms with Crippen molar-refractivity contribution in [2.75, 3.05) is 6.61 Å². The molecular formula is C11H7ClFN2O3Y-. The summed E-state index contributed by atoms with van der Waals surface area (Å²) >= 11 is 5.47. The minimum atomic E-state index is -0.843. The Morgan fingerprint density at radius 2 is 2.26 bits per heavy atom. The topological polar surface area (TPSA) is 70.4 Å². The van der Waals surface area contributed by atoms with Gasteiger partial charge in [0.25, 0.3) is 0 Å². The largest absolute Gasteiger partial charge is 0.462 e. The van der Waals surface area contributed by atoms with E-state index >= 15 is 0 Å². The zero-order chi connectivity index (χ0) is 13.3. The van der Waals surface area contributed by atoms with Crippen LogP contribution >= 0.6 is 11.6 Å². The molecule has 2 heterocycles. The van der Waals surface area contributed by atoms with Crippen LogP contribution < -0.4 is 10.4 Å². The van der Waals surface area contributed by atoms with Crippen LogP contribution in [0.15, 0.2) is 17.1 Å². The van der Waals surface area contributed by atoms with E-state index in [2.05, 4.69) is 9.97 Å². The predicted molar refractivity (Wildman–Crippen MR) is 62.3 cm³/mol. The number of carbonyl (C=O) groups is 1. The third-order valence-electron chi connectivity index (χ3n) is 2.21. The van der Waals surface area contributed by atoms with Gasteiger partial charge in [0, 0.05) is 38.1 Å². The quantitative estimate of drug-likeness (QED) is 0.601. The van der Waals surface area contributed by atoms with E-state index in [1.807, 2.05) is 0 Å². The van der Waals surface area contributed by atoms with Crippen molar-refractivity contribution >= 4 is 28.6 Å². The van der Waals surface area contributed by atoms with E-state index in [1.165, 1.54) is 0 Å². The minimum absolute atomic E-state index is 0. The fourth-order valence-electron chi connectivity index (χ4n) is 1.41. The van der Waals surface area contributed by atoms with Crippen LogP contribution in [0.5, 0.6) is 0 Å². The summed E-state index contributed by atoms with van der Waals surface area (Å²) in [4.78, 5) is 30.8. The number of fused-ring (bicyclic) bond motifs is 1. The molecular weight excluding hydrogens is 351 g/mol. The van der Waals surface area contributed by atoms with Crippen molar-refractivity contribution in [2.45, 2.75) is 6.92 Å². The molecule has 0 bridgehead atoms. The third-order valence-corrected chi connectivity index (χ3v) is 2.48. The number of rotatable bonds is 2. The summed E-state index contributed by atoms with van der Waals surface area (Å²) < 4.78 is 17.9. The Balaban J connectivity index is 0.00000180. The molecule has 0 aliphatic carbocycles. The summed E-state index contributed by atoms with van der Waals surface area (Å²) in [6, 6.07) is 0.905. The molecule has 0 saturated carbocycles. The maximum atomic E-state index is 13.2. The average molecular weight is 359 g/mol. The Morgan fingerprint density at radius 1 is 1.58 bits per heavy atom. The van der Waals surface area contributed by atoms with Crippen molar-refractivity contribution in [2.24, 2.45) is 0 Å². The Hall–Kier alpha value is -0.846. The smallest absolute Gasteiger partial charge is 0.341 e. The minimum Gasteiger partial charge on any atom is -0.462 e. The number of hydrogen-bond donors (Lipinski definition) is 0. The molecule has 2 rings (SSSR count). The number of esters is 1. The second-order valence-corrected chi connectivity index (χ2v) is 3.71. The summed E-state index contributed by atoms with van der Waals surface area (Å²) in [5, 5.41) is -0.485. The molecule has 1 radical (unpaired) electrons. The maximum Gasteiger partial charge on any atom is 0.341 e. The molecule has 0 saturated heterocycles.